The van der Waals surface area contributed by atoms with Crippen LogP contribution in [0.3, 0.4) is 0 Å². The minimum absolute atomic E-state index is 0.195. The van der Waals surface area contributed by atoms with E-state index in [9.17, 15) is 9.59 Å². The van der Waals surface area contributed by atoms with Crippen molar-refractivity contribution in [1.29, 1.82) is 0 Å². The summed E-state index contributed by atoms with van der Waals surface area (Å²) >= 11 is 0. The normalized spacial score (nSPS) is 11.3. The molecular formula is C23H20N4O3. The van der Waals surface area contributed by atoms with Crippen LogP contribution in [0.4, 0.5) is 0 Å². The third-order valence-electron chi connectivity index (χ3n) is 4.93. The fraction of sp³-hybridized carbons (Fsp3) is 0.130. The van der Waals surface area contributed by atoms with Gasteiger partial charge in [0.1, 0.15) is 5.82 Å². The number of fused-ring (bicyclic) bond motifs is 1. The van der Waals surface area contributed by atoms with Gasteiger partial charge in [0.2, 0.25) is 5.43 Å². The number of para-hydroxylation sites is 1. The Kier molecular flexibility index (Phi) is 5.02. The van der Waals surface area contributed by atoms with Gasteiger partial charge in [-0.1, -0.05) is 18.2 Å². The molecule has 3 aromatic heterocycles. The fourth-order valence-electron chi connectivity index (χ4n) is 3.46. The first-order valence-corrected chi connectivity index (χ1v) is 9.38. The van der Waals surface area contributed by atoms with Crippen LogP contribution < -0.4 is 15.7 Å². The molecule has 1 aromatic carbocycles. The van der Waals surface area contributed by atoms with Gasteiger partial charge in [0.15, 0.2) is 5.75 Å². The van der Waals surface area contributed by atoms with Crippen molar-refractivity contribution in [3.05, 3.63) is 92.1 Å². The highest BCUT2D eigenvalue weighted by atomic mass is 16.5. The number of rotatable bonds is 4. The van der Waals surface area contributed by atoms with E-state index < -0.39 is 0 Å². The summed E-state index contributed by atoms with van der Waals surface area (Å²) in [5.74, 6) is 0.611. The zero-order valence-electron chi connectivity index (χ0n) is 16.8. The third-order valence-corrected chi connectivity index (χ3v) is 4.93. The molecule has 0 saturated carbocycles. The molecule has 0 spiro atoms. The van der Waals surface area contributed by atoms with E-state index in [0.29, 0.717) is 22.3 Å². The van der Waals surface area contributed by atoms with Gasteiger partial charge in [-0.3, -0.25) is 19.1 Å². The van der Waals surface area contributed by atoms with E-state index in [-0.39, 0.29) is 16.7 Å². The highest BCUT2D eigenvalue weighted by molar-refractivity contribution is 5.79. The van der Waals surface area contributed by atoms with Crippen molar-refractivity contribution in [1.82, 2.24) is 19.5 Å². The first-order chi connectivity index (χ1) is 14.5. The number of pyridine rings is 2. The maximum atomic E-state index is 13.4. The first kappa shape index (κ1) is 19.3. The average molecular weight is 400 g/mol. The molecule has 3 heterocycles. The molecular weight excluding hydrogens is 380 g/mol. The van der Waals surface area contributed by atoms with E-state index in [0.717, 1.165) is 16.8 Å². The number of aromatic nitrogens is 4. The van der Waals surface area contributed by atoms with Crippen LogP contribution in [0, 0.1) is 13.8 Å². The average Bonchev–Trinajstić information content (AvgIpc) is 2.74. The number of benzene rings is 1. The van der Waals surface area contributed by atoms with Gasteiger partial charge in [-0.25, -0.2) is 4.98 Å². The molecule has 7 heteroatoms. The third kappa shape index (κ3) is 3.30. The van der Waals surface area contributed by atoms with Crippen molar-refractivity contribution in [2.24, 2.45) is 0 Å². The number of hydrogen-bond acceptors (Lipinski definition) is 5. The molecule has 7 nitrogen and oxygen atoms in total. The molecule has 0 radical (unpaired) electrons. The minimum atomic E-state index is -0.254. The highest BCUT2D eigenvalue weighted by Gasteiger charge is 2.15. The van der Waals surface area contributed by atoms with Crippen LogP contribution in [0.15, 0.2) is 58.6 Å². The maximum absolute atomic E-state index is 13.4. The van der Waals surface area contributed by atoms with E-state index in [4.69, 9.17) is 4.74 Å². The SMILES string of the molecule is COc1c[nH]cc(/C=C/c2nc3cnccc3c(=O)n2-c2c(C)cccc2C)c1=O. The van der Waals surface area contributed by atoms with Gasteiger partial charge in [0.05, 0.1) is 29.9 Å². The molecule has 0 unspecified atom stereocenters. The summed E-state index contributed by atoms with van der Waals surface area (Å²) in [4.78, 5) is 37.5. The smallest absolute Gasteiger partial charge is 0.266 e. The van der Waals surface area contributed by atoms with Gasteiger partial charge in [0.25, 0.3) is 5.56 Å². The van der Waals surface area contributed by atoms with Gasteiger partial charge in [-0.2, -0.15) is 0 Å². The van der Waals surface area contributed by atoms with Crippen molar-refractivity contribution < 1.29 is 4.74 Å². The van der Waals surface area contributed by atoms with Crippen molar-refractivity contribution >= 4 is 23.1 Å². The van der Waals surface area contributed by atoms with Gasteiger partial charge in [-0.05, 0) is 43.2 Å². The standard InChI is InChI=1S/C23H20N4O3/c1-14-5-4-6-15(2)21(14)27-20(26-18-12-24-10-9-17(18)23(27)29)8-7-16-11-25-13-19(30-3)22(16)28/h4-13H,1-3H3,(H,25,28)/b8-7+. The topological polar surface area (TPSA) is 89.9 Å². The molecule has 150 valence electrons. The predicted octanol–water partition coefficient (Wildman–Crippen LogP) is 3.26. The highest BCUT2D eigenvalue weighted by Crippen LogP contribution is 2.21. The van der Waals surface area contributed by atoms with Crippen molar-refractivity contribution in [3.63, 3.8) is 0 Å². The van der Waals surface area contributed by atoms with Gasteiger partial charge in [0, 0.05) is 24.2 Å². The monoisotopic (exact) mass is 400 g/mol. The Morgan fingerprint density at radius 1 is 1.07 bits per heavy atom. The van der Waals surface area contributed by atoms with Gasteiger partial charge < -0.3 is 9.72 Å². The number of aryl methyl sites for hydroxylation is 2. The summed E-state index contributed by atoms with van der Waals surface area (Å²) in [6.07, 6.45) is 9.48. The van der Waals surface area contributed by atoms with Crippen LogP contribution in [-0.4, -0.2) is 26.6 Å². The fourth-order valence-corrected chi connectivity index (χ4v) is 3.46. The Balaban J connectivity index is 2.00. The Morgan fingerprint density at radius 3 is 2.57 bits per heavy atom. The number of nitrogens with one attached hydrogen (secondary N) is 1. The van der Waals surface area contributed by atoms with E-state index in [2.05, 4.69) is 15.0 Å². The first-order valence-electron chi connectivity index (χ1n) is 9.38. The van der Waals surface area contributed by atoms with Crippen LogP contribution in [0.5, 0.6) is 5.75 Å². The lowest BCUT2D eigenvalue weighted by Gasteiger charge is -2.16. The zero-order valence-corrected chi connectivity index (χ0v) is 16.8. The molecule has 0 fully saturated rings. The molecule has 0 amide bonds. The Bertz CT molecular complexity index is 1380. The molecule has 0 atom stereocenters. The van der Waals surface area contributed by atoms with Gasteiger partial charge >= 0.3 is 0 Å². The van der Waals surface area contributed by atoms with Crippen LogP contribution in [0.2, 0.25) is 0 Å². The number of methoxy groups -OCH3 is 1. The van der Waals surface area contributed by atoms with E-state index >= 15 is 0 Å². The van der Waals surface area contributed by atoms with Crippen molar-refractivity contribution in [2.45, 2.75) is 13.8 Å². The number of hydrogen-bond donors (Lipinski definition) is 1. The molecule has 0 aliphatic heterocycles. The lowest BCUT2D eigenvalue weighted by Crippen LogP contribution is -2.24. The van der Waals surface area contributed by atoms with E-state index in [1.54, 1.807) is 41.4 Å². The Hall–Kier alpha value is -4.00. The molecule has 1 N–H and O–H groups in total. The summed E-state index contributed by atoms with van der Waals surface area (Å²) in [6, 6.07) is 7.51. The number of aromatic amines is 1. The maximum Gasteiger partial charge on any atom is 0.266 e. The summed E-state index contributed by atoms with van der Waals surface area (Å²) in [5.41, 5.74) is 3.09. The van der Waals surface area contributed by atoms with E-state index in [1.165, 1.54) is 13.3 Å². The molecule has 30 heavy (non-hydrogen) atoms. The second-order valence-corrected chi connectivity index (χ2v) is 6.89. The lowest BCUT2D eigenvalue weighted by atomic mass is 10.1. The molecule has 0 aliphatic rings. The van der Waals surface area contributed by atoms with Crippen LogP contribution in [-0.2, 0) is 0 Å². The van der Waals surface area contributed by atoms with E-state index in [1.807, 2.05) is 32.0 Å². The Morgan fingerprint density at radius 2 is 1.83 bits per heavy atom. The molecule has 4 aromatic rings. The summed E-state index contributed by atoms with van der Waals surface area (Å²) in [6.45, 7) is 3.90. The summed E-state index contributed by atoms with van der Waals surface area (Å²) < 4.78 is 6.66. The van der Waals surface area contributed by atoms with Crippen LogP contribution in [0.1, 0.15) is 22.5 Å². The van der Waals surface area contributed by atoms with Gasteiger partial charge in [-0.15, -0.1) is 0 Å². The van der Waals surface area contributed by atoms with Crippen LogP contribution >= 0.6 is 0 Å². The second kappa shape index (κ2) is 7.79. The summed E-state index contributed by atoms with van der Waals surface area (Å²) in [7, 11) is 1.44. The lowest BCUT2D eigenvalue weighted by molar-refractivity contribution is 0.409. The minimum Gasteiger partial charge on any atom is -0.491 e. The van der Waals surface area contributed by atoms with Crippen LogP contribution in [0.25, 0.3) is 28.7 Å². The number of ether oxygens (including phenoxy) is 1. The zero-order chi connectivity index (χ0) is 21.3. The summed E-state index contributed by atoms with van der Waals surface area (Å²) in [5, 5.41) is 0.476. The molecule has 0 aliphatic carbocycles. The number of nitrogens with zero attached hydrogens (tertiary/aromatic N) is 3. The molecule has 4 rings (SSSR count). The largest absolute Gasteiger partial charge is 0.491 e. The predicted molar refractivity (Wildman–Crippen MR) is 117 cm³/mol. The Labute approximate surface area is 172 Å². The van der Waals surface area contributed by atoms with Crippen molar-refractivity contribution in [2.75, 3.05) is 7.11 Å². The second-order valence-electron chi connectivity index (χ2n) is 6.89. The molecule has 0 saturated heterocycles. The number of H-pyrrole nitrogens is 1. The molecule has 0 bridgehead atoms. The quantitative estimate of drug-likeness (QED) is 0.568. The van der Waals surface area contributed by atoms with Crippen molar-refractivity contribution in [3.8, 4) is 11.4 Å².